The SMILES string of the molecule is CC(C)(C)NC[C@H](O)c1ccc(O)c(C(=O)O)c1. The predicted octanol–water partition coefficient (Wildman–Crippen LogP) is 1.51. The Morgan fingerprint density at radius 2 is 2.00 bits per heavy atom. The monoisotopic (exact) mass is 253 g/mol. The summed E-state index contributed by atoms with van der Waals surface area (Å²) >= 11 is 0. The molecular formula is C13H19NO4. The van der Waals surface area contributed by atoms with E-state index < -0.39 is 12.1 Å². The van der Waals surface area contributed by atoms with Gasteiger partial charge in [0.1, 0.15) is 11.3 Å². The Morgan fingerprint density at radius 3 is 2.50 bits per heavy atom. The molecular weight excluding hydrogens is 234 g/mol. The fourth-order valence-corrected chi connectivity index (χ4v) is 1.45. The van der Waals surface area contributed by atoms with Gasteiger partial charge >= 0.3 is 5.97 Å². The molecule has 18 heavy (non-hydrogen) atoms. The topological polar surface area (TPSA) is 89.8 Å². The number of hydrogen-bond donors (Lipinski definition) is 4. The van der Waals surface area contributed by atoms with Gasteiger partial charge in [-0.25, -0.2) is 4.79 Å². The van der Waals surface area contributed by atoms with E-state index in [-0.39, 0.29) is 16.9 Å². The van der Waals surface area contributed by atoms with Crippen LogP contribution in [0.4, 0.5) is 0 Å². The number of carboxylic acids is 1. The first kappa shape index (κ1) is 14.5. The molecule has 0 aromatic heterocycles. The highest BCUT2D eigenvalue weighted by atomic mass is 16.4. The second kappa shape index (κ2) is 5.37. The molecule has 0 fully saturated rings. The summed E-state index contributed by atoms with van der Waals surface area (Å²) in [7, 11) is 0. The van der Waals surface area contributed by atoms with Crippen molar-refractivity contribution < 1.29 is 20.1 Å². The van der Waals surface area contributed by atoms with Crippen molar-refractivity contribution in [1.29, 1.82) is 0 Å². The first-order chi connectivity index (χ1) is 8.20. The molecule has 5 heteroatoms. The van der Waals surface area contributed by atoms with Crippen LogP contribution in [0.25, 0.3) is 0 Å². The third kappa shape index (κ3) is 4.01. The molecule has 0 amide bonds. The molecule has 0 spiro atoms. The number of hydrogen-bond acceptors (Lipinski definition) is 4. The van der Waals surface area contributed by atoms with E-state index in [0.29, 0.717) is 12.1 Å². The quantitative estimate of drug-likeness (QED) is 0.653. The summed E-state index contributed by atoms with van der Waals surface area (Å²) in [5, 5.41) is 31.3. The minimum atomic E-state index is -1.22. The van der Waals surface area contributed by atoms with Gasteiger partial charge in [-0.3, -0.25) is 0 Å². The van der Waals surface area contributed by atoms with Gasteiger partial charge in [0.2, 0.25) is 0 Å². The number of aliphatic hydroxyl groups is 1. The third-order valence-corrected chi connectivity index (χ3v) is 2.46. The molecule has 1 atom stereocenters. The maximum Gasteiger partial charge on any atom is 0.339 e. The molecule has 1 aromatic rings. The number of phenols is 1. The number of carbonyl (C=O) groups is 1. The van der Waals surface area contributed by atoms with Crippen molar-refractivity contribution >= 4 is 5.97 Å². The van der Waals surface area contributed by atoms with Crippen molar-refractivity contribution in [2.24, 2.45) is 0 Å². The van der Waals surface area contributed by atoms with E-state index in [2.05, 4.69) is 5.32 Å². The number of aliphatic hydroxyl groups excluding tert-OH is 1. The summed E-state index contributed by atoms with van der Waals surface area (Å²) in [6.45, 7) is 6.23. The average Bonchev–Trinajstić information content (AvgIpc) is 2.25. The summed E-state index contributed by atoms with van der Waals surface area (Å²) < 4.78 is 0. The van der Waals surface area contributed by atoms with Crippen LogP contribution in [0.2, 0.25) is 0 Å². The number of nitrogens with one attached hydrogen (secondary N) is 1. The number of benzene rings is 1. The Kier molecular flexibility index (Phi) is 4.32. The lowest BCUT2D eigenvalue weighted by Gasteiger charge is -2.23. The smallest absolute Gasteiger partial charge is 0.339 e. The lowest BCUT2D eigenvalue weighted by molar-refractivity contribution is 0.0693. The van der Waals surface area contributed by atoms with Crippen LogP contribution < -0.4 is 5.32 Å². The zero-order valence-corrected chi connectivity index (χ0v) is 10.8. The van der Waals surface area contributed by atoms with E-state index in [1.165, 1.54) is 18.2 Å². The highest BCUT2D eigenvalue weighted by Gasteiger charge is 2.16. The standard InChI is InChI=1S/C13H19NO4/c1-13(2,3)14-7-11(16)8-4-5-10(15)9(6-8)12(17)18/h4-6,11,14-16H,7H2,1-3H3,(H,17,18)/t11-/m0/s1. The van der Waals surface area contributed by atoms with Crippen molar-refractivity contribution in [3.8, 4) is 5.75 Å². The highest BCUT2D eigenvalue weighted by Crippen LogP contribution is 2.22. The van der Waals surface area contributed by atoms with Crippen LogP contribution >= 0.6 is 0 Å². The molecule has 0 aliphatic rings. The Morgan fingerprint density at radius 1 is 1.39 bits per heavy atom. The first-order valence-electron chi connectivity index (χ1n) is 5.70. The maximum absolute atomic E-state index is 10.9. The van der Waals surface area contributed by atoms with Crippen molar-refractivity contribution in [2.45, 2.75) is 32.4 Å². The van der Waals surface area contributed by atoms with E-state index in [4.69, 9.17) is 5.11 Å². The number of aromatic hydroxyl groups is 1. The molecule has 0 saturated heterocycles. The van der Waals surface area contributed by atoms with Crippen molar-refractivity contribution in [3.63, 3.8) is 0 Å². The molecule has 4 N–H and O–H groups in total. The maximum atomic E-state index is 10.9. The summed E-state index contributed by atoms with van der Waals surface area (Å²) in [6, 6.07) is 4.07. The number of β-amino-alcohol motifs (C(OH)–C–C–N with tert-alkyl or cyclic N) is 1. The molecule has 1 rings (SSSR count). The van der Waals surface area contributed by atoms with Gasteiger partial charge in [0, 0.05) is 12.1 Å². The lowest BCUT2D eigenvalue weighted by Crippen LogP contribution is -2.38. The number of carboxylic acid groups (broad SMARTS) is 1. The molecule has 0 aliphatic heterocycles. The molecule has 100 valence electrons. The van der Waals surface area contributed by atoms with Crippen LogP contribution in [0.5, 0.6) is 5.75 Å². The molecule has 0 unspecified atom stereocenters. The molecule has 5 nitrogen and oxygen atoms in total. The Hall–Kier alpha value is -1.59. The van der Waals surface area contributed by atoms with E-state index in [0.717, 1.165) is 0 Å². The predicted molar refractivity (Wildman–Crippen MR) is 67.8 cm³/mol. The largest absolute Gasteiger partial charge is 0.507 e. The molecule has 0 bridgehead atoms. The van der Waals surface area contributed by atoms with E-state index in [9.17, 15) is 15.0 Å². The van der Waals surface area contributed by atoms with Gasteiger partial charge in [0.25, 0.3) is 0 Å². The van der Waals surface area contributed by atoms with E-state index >= 15 is 0 Å². The molecule has 0 aliphatic carbocycles. The van der Waals surface area contributed by atoms with Gasteiger partial charge in [0.15, 0.2) is 0 Å². The van der Waals surface area contributed by atoms with Crippen molar-refractivity contribution in [3.05, 3.63) is 29.3 Å². The Labute approximate surface area is 106 Å². The molecule has 0 radical (unpaired) electrons. The normalized spacial score (nSPS) is 13.3. The number of aromatic carboxylic acids is 1. The van der Waals surface area contributed by atoms with Crippen LogP contribution in [-0.4, -0.2) is 33.4 Å². The fourth-order valence-electron chi connectivity index (χ4n) is 1.45. The van der Waals surface area contributed by atoms with Crippen LogP contribution in [0.15, 0.2) is 18.2 Å². The summed E-state index contributed by atoms with van der Waals surface area (Å²) in [5.74, 6) is -1.52. The van der Waals surface area contributed by atoms with Crippen LogP contribution in [0.3, 0.4) is 0 Å². The second-order valence-corrected chi connectivity index (χ2v) is 5.23. The molecule has 1 aromatic carbocycles. The van der Waals surface area contributed by atoms with Gasteiger partial charge in [-0.1, -0.05) is 6.07 Å². The van der Waals surface area contributed by atoms with Gasteiger partial charge < -0.3 is 20.6 Å². The summed E-state index contributed by atoms with van der Waals surface area (Å²) in [6.07, 6.45) is -0.817. The van der Waals surface area contributed by atoms with Crippen LogP contribution in [0.1, 0.15) is 42.8 Å². The van der Waals surface area contributed by atoms with Crippen LogP contribution in [0, 0.1) is 0 Å². The average molecular weight is 253 g/mol. The minimum Gasteiger partial charge on any atom is -0.507 e. The van der Waals surface area contributed by atoms with E-state index in [1.807, 2.05) is 20.8 Å². The number of rotatable bonds is 4. The summed E-state index contributed by atoms with van der Waals surface area (Å²) in [5.41, 5.74) is 0.123. The zero-order chi connectivity index (χ0) is 13.9. The van der Waals surface area contributed by atoms with Crippen molar-refractivity contribution in [2.75, 3.05) is 6.54 Å². The highest BCUT2D eigenvalue weighted by molar-refractivity contribution is 5.90. The molecule has 0 saturated carbocycles. The first-order valence-corrected chi connectivity index (χ1v) is 5.70. The molecule has 0 heterocycles. The van der Waals surface area contributed by atoms with E-state index in [1.54, 1.807) is 0 Å². The Bertz CT molecular complexity index is 437. The van der Waals surface area contributed by atoms with Crippen LogP contribution in [-0.2, 0) is 0 Å². The Balaban J connectivity index is 2.83. The van der Waals surface area contributed by atoms with Gasteiger partial charge in [0.05, 0.1) is 6.10 Å². The van der Waals surface area contributed by atoms with Crippen molar-refractivity contribution in [1.82, 2.24) is 5.32 Å². The summed E-state index contributed by atoms with van der Waals surface area (Å²) in [4.78, 5) is 10.9. The van der Waals surface area contributed by atoms with Gasteiger partial charge in [-0.2, -0.15) is 0 Å². The second-order valence-electron chi connectivity index (χ2n) is 5.23. The van der Waals surface area contributed by atoms with Gasteiger partial charge in [-0.15, -0.1) is 0 Å². The fraction of sp³-hybridized carbons (Fsp3) is 0.462. The lowest BCUT2D eigenvalue weighted by atomic mass is 10.0. The minimum absolute atomic E-state index is 0.131. The third-order valence-electron chi connectivity index (χ3n) is 2.46. The zero-order valence-electron chi connectivity index (χ0n) is 10.8. The van der Waals surface area contributed by atoms with Gasteiger partial charge in [-0.05, 0) is 38.5 Å².